The van der Waals surface area contributed by atoms with E-state index < -0.39 is 46.2 Å². The van der Waals surface area contributed by atoms with Crippen molar-refractivity contribution in [3.63, 3.8) is 0 Å². The highest BCUT2D eigenvalue weighted by atomic mass is 32.2. The van der Waals surface area contributed by atoms with Gasteiger partial charge in [0, 0.05) is 13.1 Å². The first-order valence-corrected chi connectivity index (χ1v) is 13.2. The Bertz CT molecular complexity index is 1180. The van der Waals surface area contributed by atoms with Gasteiger partial charge in [-0.2, -0.15) is 13.2 Å². The lowest BCUT2D eigenvalue weighted by molar-refractivity contribution is -0.139. The average molecular weight is 528 g/mol. The third-order valence-corrected chi connectivity index (χ3v) is 6.57. The van der Waals surface area contributed by atoms with Crippen LogP contribution in [0.2, 0.25) is 0 Å². The standard InChI is InChI=1S/C25H32F3N3O4S/c1-17(2)14-29-24(33)19(4)30(15-20-9-6-8-18(3)12-20)23(32)16-31(36(5,34)35)22-11-7-10-21(13-22)25(26,27)28/h6-13,17,19H,14-16H2,1-5H3,(H,29,33)/t19-/m0/s1. The second kappa shape index (κ2) is 11.8. The third kappa shape index (κ3) is 8.25. The number of alkyl halides is 3. The average Bonchev–Trinajstić information content (AvgIpc) is 2.77. The number of rotatable bonds is 10. The van der Waals surface area contributed by atoms with E-state index >= 15 is 0 Å². The summed E-state index contributed by atoms with van der Waals surface area (Å²) in [5, 5.41) is 2.76. The van der Waals surface area contributed by atoms with Crippen molar-refractivity contribution in [2.75, 3.05) is 23.7 Å². The van der Waals surface area contributed by atoms with E-state index in [9.17, 15) is 31.2 Å². The van der Waals surface area contributed by atoms with Crippen molar-refractivity contribution in [2.24, 2.45) is 5.92 Å². The zero-order valence-electron chi connectivity index (χ0n) is 21.0. The highest BCUT2D eigenvalue weighted by Crippen LogP contribution is 2.32. The number of carbonyl (C=O) groups is 2. The van der Waals surface area contributed by atoms with Crippen LogP contribution in [0.15, 0.2) is 48.5 Å². The quantitative estimate of drug-likeness (QED) is 0.507. The van der Waals surface area contributed by atoms with Crippen LogP contribution in [-0.2, 0) is 32.3 Å². The first kappa shape index (κ1) is 29.2. The fraction of sp³-hybridized carbons (Fsp3) is 0.440. The molecule has 2 rings (SSSR count). The van der Waals surface area contributed by atoms with Crippen LogP contribution in [0.3, 0.4) is 0 Å². The summed E-state index contributed by atoms with van der Waals surface area (Å²) in [6.07, 6.45) is -3.88. The number of aryl methyl sites for hydroxylation is 1. The van der Waals surface area contributed by atoms with E-state index in [1.54, 1.807) is 12.1 Å². The molecule has 0 aliphatic heterocycles. The molecule has 0 saturated carbocycles. The van der Waals surface area contributed by atoms with E-state index in [-0.39, 0.29) is 18.2 Å². The SMILES string of the molecule is Cc1cccc(CN(C(=O)CN(c2cccc(C(F)(F)F)c2)S(C)(=O)=O)[C@@H](C)C(=O)NCC(C)C)c1. The Kier molecular flexibility index (Phi) is 9.53. The molecule has 198 valence electrons. The number of sulfonamides is 1. The maximum Gasteiger partial charge on any atom is 0.416 e. The predicted octanol–water partition coefficient (Wildman–Crippen LogP) is 3.97. The summed E-state index contributed by atoms with van der Waals surface area (Å²) in [7, 11) is -4.14. The Morgan fingerprint density at radius 1 is 1.03 bits per heavy atom. The van der Waals surface area contributed by atoms with Gasteiger partial charge < -0.3 is 10.2 Å². The highest BCUT2D eigenvalue weighted by molar-refractivity contribution is 7.92. The third-order valence-electron chi connectivity index (χ3n) is 5.43. The summed E-state index contributed by atoms with van der Waals surface area (Å²) in [4.78, 5) is 27.5. The molecule has 0 spiro atoms. The first-order chi connectivity index (χ1) is 16.6. The molecular formula is C25H32F3N3O4S. The van der Waals surface area contributed by atoms with Gasteiger partial charge in [-0.25, -0.2) is 8.42 Å². The number of anilines is 1. The van der Waals surface area contributed by atoms with Crippen molar-refractivity contribution in [3.05, 3.63) is 65.2 Å². The molecule has 1 N–H and O–H groups in total. The number of benzene rings is 2. The van der Waals surface area contributed by atoms with Gasteiger partial charge in [0.2, 0.25) is 21.8 Å². The fourth-order valence-electron chi connectivity index (χ4n) is 3.49. The van der Waals surface area contributed by atoms with Crippen molar-refractivity contribution >= 4 is 27.5 Å². The molecular weight excluding hydrogens is 495 g/mol. The topological polar surface area (TPSA) is 86.8 Å². The Balaban J connectivity index is 2.42. The number of hydrogen-bond donors (Lipinski definition) is 1. The van der Waals surface area contributed by atoms with Gasteiger partial charge in [0.15, 0.2) is 0 Å². The summed E-state index contributed by atoms with van der Waals surface area (Å²) >= 11 is 0. The molecule has 0 fully saturated rings. The Labute approximate surface area is 210 Å². The summed E-state index contributed by atoms with van der Waals surface area (Å²) in [5.41, 5.74) is 0.308. The molecule has 0 heterocycles. The Morgan fingerprint density at radius 2 is 1.67 bits per heavy atom. The van der Waals surface area contributed by atoms with E-state index in [4.69, 9.17) is 0 Å². The molecule has 0 aliphatic rings. The van der Waals surface area contributed by atoms with Crippen molar-refractivity contribution in [1.82, 2.24) is 10.2 Å². The van der Waals surface area contributed by atoms with Crippen LogP contribution in [0.1, 0.15) is 37.5 Å². The van der Waals surface area contributed by atoms with Gasteiger partial charge >= 0.3 is 6.18 Å². The second-order valence-corrected chi connectivity index (χ2v) is 11.1. The van der Waals surface area contributed by atoms with Crippen LogP contribution < -0.4 is 9.62 Å². The van der Waals surface area contributed by atoms with Crippen molar-refractivity contribution in [2.45, 2.75) is 46.5 Å². The fourth-order valence-corrected chi connectivity index (χ4v) is 4.33. The molecule has 0 saturated heterocycles. The molecule has 2 aromatic rings. The maximum absolute atomic E-state index is 13.4. The van der Waals surface area contributed by atoms with E-state index in [0.29, 0.717) is 16.9 Å². The minimum Gasteiger partial charge on any atom is -0.354 e. The van der Waals surface area contributed by atoms with Crippen LogP contribution in [0.4, 0.5) is 18.9 Å². The van der Waals surface area contributed by atoms with E-state index in [0.717, 1.165) is 29.5 Å². The largest absolute Gasteiger partial charge is 0.416 e. The molecule has 2 amide bonds. The molecule has 7 nitrogen and oxygen atoms in total. The monoisotopic (exact) mass is 527 g/mol. The summed E-state index contributed by atoms with van der Waals surface area (Å²) < 4.78 is 65.4. The number of amides is 2. The summed E-state index contributed by atoms with van der Waals surface area (Å²) in [6, 6.07) is 10.1. The van der Waals surface area contributed by atoms with Crippen LogP contribution in [0.25, 0.3) is 0 Å². The lowest BCUT2D eigenvalue weighted by Gasteiger charge is -2.31. The minimum absolute atomic E-state index is 0.0109. The van der Waals surface area contributed by atoms with Gasteiger partial charge in [-0.3, -0.25) is 13.9 Å². The molecule has 1 atom stereocenters. The van der Waals surface area contributed by atoms with E-state index in [1.165, 1.54) is 17.9 Å². The lowest BCUT2D eigenvalue weighted by atomic mass is 10.1. The smallest absolute Gasteiger partial charge is 0.354 e. The molecule has 0 aliphatic carbocycles. The van der Waals surface area contributed by atoms with Gasteiger partial charge in [-0.15, -0.1) is 0 Å². The van der Waals surface area contributed by atoms with Gasteiger partial charge in [0.1, 0.15) is 12.6 Å². The van der Waals surface area contributed by atoms with Crippen LogP contribution in [0.5, 0.6) is 0 Å². The van der Waals surface area contributed by atoms with E-state index in [2.05, 4.69) is 5.32 Å². The van der Waals surface area contributed by atoms with Gasteiger partial charge in [-0.05, 0) is 43.5 Å². The normalized spacial score (nSPS) is 12.8. The molecule has 2 aromatic carbocycles. The van der Waals surface area contributed by atoms with Gasteiger partial charge in [0.25, 0.3) is 0 Å². The molecule has 0 aromatic heterocycles. The zero-order chi connectivity index (χ0) is 27.3. The lowest BCUT2D eigenvalue weighted by Crippen LogP contribution is -2.51. The maximum atomic E-state index is 13.4. The first-order valence-electron chi connectivity index (χ1n) is 11.4. The van der Waals surface area contributed by atoms with Crippen LogP contribution in [-0.4, -0.2) is 50.5 Å². The number of hydrogen-bond acceptors (Lipinski definition) is 4. The Morgan fingerprint density at radius 3 is 2.22 bits per heavy atom. The second-order valence-electron chi connectivity index (χ2n) is 9.14. The number of carbonyl (C=O) groups excluding carboxylic acids is 2. The van der Waals surface area contributed by atoms with E-state index in [1.807, 2.05) is 32.9 Å². The van der Waals surface area contributed by atoms with Crippen molar-refractivity contribution < 1.29 is 31.2 Å². The molecule has 36 heavy (non-hydrogen) atoms. The molecule has 0 bridgehead atoms. The molecule has 0 unspecified atom stereocenters. The molecule has 0 radical (unpaired) electrons. The summed E-state index contributed by atoms with van der Waals surface area (Å²) in [5.74, 6) is -0.982. The summed E-state index contributed by atoms with van der Waals surface area (Å²) in [6.45, 7) is 6.85. The minimum atomic E-state index is -4.69. The van der Waals surface area contributed by atoms with Gasteiger partial charge in [-0.1, -0.05) is 49.7 Å². The Hall–Kier alpha value is -3.08. The van der Waals surface area contributed by atoms with Gasteiger partial charge in [0.05, 0.1) is 17.5 Å². The number of halogens is 3. The zero-order valence-corrected chi connectivity index (χ0v) is 21.8. The van der Waals surface area contributed by atoms with Crippen LogP contribution >= 0.6 is 0 Å². The van der Waals surface area contributed by atoms with Crippen molar-refractivity contribution in [3.8, 4) is 0 Å². The van der Waals surface area contributed by atoms with Crippen molar-refractivity contribution in [1.29, 1.82) is 0 Å². The number of nitrogens with one attached hydrogen (secondary N) is 1. The highest BCUT2D eigenvalue weighted by Gasteiger charge is 2.33. The predicted molar refractivity (Wildman–Crippen MR) is 133 cm³/mol. The van der Waals surface area contributed by atoms with Crippen LogP contribution in [0, 0.1) is 12.8 Å². The molecule has 11 heteroatoms. The number of nitrogens with zero attached hydrogens (tertiary/aromatic N) is 2.